The van der Waals surface area contributed by atoms with Gasteiger partial charge in [-0.3, -0.25) is 14.5 Å². The molecule has 2 rings (SSSR count). The van der Waals surface area contributed by atoms with E-state index in [1.807, 2.05) is 37.4 Å². The Morgan fingerprint density at radius 2 is 1.83 bits per heavy atom. The first-order valence-corrected chi connectivity index (χ1v) is 8.68. The lowest BCUT2D eigenvalue weighted by Gasteiger charge is -2.31. The highest BCUT2D eigenvalue weighted by molar-refractivity contribution is 5.92. The number of likely N-dealkylation sites (tertiary alicyclic amines) is 1. The molecule has 1 fully saturated rings. The molecular formula is C18H28N4O2. The Labute approximate surface area is 144 Å². The van der Waals surface area contributed by atoms with Crippen LogP contribution in [0.5, 0.6) is 0 Å². The number of nitrogens with one attached hydrogen (secondary N) is 3. The van der Waals surface area contributed by atoms with E-state index in [4.69, 9.17) is 0 Å². The number of rotatable bonds is 8. The van der Waals surface area contributed by atoms with Gasteiger partial charge in [0, 0.05) is 31.2 Å². The molecule has 1 aromatic rings. The molecule has 2 amide bonds. The highest BCUT2D eigenvalue weighted by atomic mass is 16.2. The normalized spacial score (nSPS) is 15.9. The molecular weight excluding hydrogens is 304 g/mol. The third-order valence-electron chi connectivity index (χ3n) is 4.21. The van der Waals surface area contributed by atoms with E-state index in [1.165, 1.54) is 0 Å². The first-order valence-electron chi connectivity index (χ1n) is 8.68. The predicted molar refractivity (Wildman–Crippen MR) is 95.8 cm³/mol. The SMILES string of the molecule is CNCCCC(=O)NC1CCN(CC(=O)Nc2ccccc2)CC1. The number of carbonyl (C=O) groups excluding carboxylic acids is 2. The fraction of sp³-hybridized carbons (Fsp3) is 0.556. The van der Waals surface area contributed by atoms with Crippen molar-refractivity contribution >= 4 is 17.5 Å². The Hall–Kier alpha value is -1.92. The monoisotopic (exact) mass is 332 g/mol. The van der Waals surface area contributed by atoms with E-state index in [-0.39, 0.29) is 17.9 Å². The van der Waals surface area contributed by atoms with Crippen molar-refractivity contribution in [1.82, 2.24) is 15.5 Å². The van der Waals surface area contributed by atoms with Gasteiger partial charge in [-0.05, 0) is 45.0 Å². The molecule has 6 nitrogen and oxygen atoms in total. The number of piperidine rings is 1. The van der Waals surface area contributed by atoms with E-state index >= 15 is 0 Å². The van der Waals surface area contributed by atoms with Gasteiger partial charge in [-0.1, -0.05) is 18.2 Å². The topological polar surface area (TPSA) is 73.5 Å². The van der Waals surface area contributed by atoms with Gasteiger partial charge in [0.1, 0.15) is 0 Å². The minimum atomic E-state index is 0.00995. The molecule has 1 saturated heterocycles. The van der Waals surface area contributed by atoms with Crippen molar-refractivity contribution in [3.63, 3.8) is 0 Å². The highest BCUT2D eigenvalue weighted by Gasteiger charge is 2.21. The summed E-state index contributed by atoms with van der Waals surface area (Å²) in [5.74, 6) is 0.140. The number of hydrogen-bond donors (Lipinski definition) is 3. The lowest BCUT2D eigenvalue weighted by molar-refractivity contribution is -0.122. The predicted octanol–water partition coefficient (Wildman–Crippen LogP) is 1.21. The van der Waals surface area contributed by atoms with Gasteiger partial charge < -0.3 is 16.0 Å². The first kappa shape index (κ1) is 18.4. The number of carbonyl (C=O) groups is 2. The van der Waals surface area contributed by atoms with Gasteiger partial charge >= 0.3 is 0 Å². The molecule has 1 aromatic carbocycles. The van der Waals surface area contributed by atoms with E-state index in [1.54, 1.807) is 0 Å². The van der Waals surface area contributed by atoms with Crippen molar-refractivity contribution < 1.29 is 9.59 Å². The number of amides is 2. The summed E-state index contributed by atoms with van der Waals surface area (Å²) in [4.78, 5) is 26.0. The van der Waals surface area contributed by atoms with E-state index in [0.717, 1.165) is 44.6 Å². The van der Waals surface area contributed by atoms with Crippen LogP contribution in [0.15, 0.2) is 30.3 Å². The average Bonchev–Trinajstić information content (AvgIpc) is 2.58. The van der Waals surface area contributed by atoms with Gasteiger partial charge in [0.25, 0.3) is 0 Å². The molecule has 24 heavy (non-hydrogen) atoms. The van der Waals surface area contributed by atoms with Gasteiger partial charge in [-0.25, -0.2) is 0 Å². The van der Waals surface area contributed by atoms with Crippen LogP contribution in [0.1, 0.15) is 25.7 Å². The van der Waals surface area contributed by atoms with Crippen LogP contribution in [-0.4, -0.2) is 56.0 Å². The van der Waals surface area contributed by atoms with Crippen molar-refractivity contribution in [2.24, 2.45) is 0 Å². The summed E-state index contributed by atoms with van der Waals surface area (Å²) in [6.07, 6.45) is 3.23. The molecule has 0 aromatic heterocycles. The summed E-state index contributed by atoms with van der Waals surface area (Å²) >= 11 is 0. The van der Waals surface area contributed by atoms with E-state index in [9.17, 15) is 9.59 Å². The van der Waals surface area contributed by atoms with Gasteiger partial charge in [0.15, 0.2) is 0 Å². The quantitative estimate of drug-likeness (QED) is 0.626. The molecule has 0 unspecified atom stereocenters. The van der Waals surface area contributed by atoms with Crippen LogP contribution in [0.25, 0.3) is 0 Å². The van der Waals surface area contributed by atoms with E-state index in [0.29, 0.717) is 13.0 Å². The number of hydrogen-bond acceptors (Lipinski definition) is 4. The molecule has 0 bridgehead atoms. The summed E-state index contributed by atoms with van der Waals surface area (Å²) in [7, 11) is 1.89. The molecule has 1 heterocycles. The third kappa shape index (κ3) is 6.68. The lowest BCUT2D eigenvalue weighted by Crippen LogP contribution is -2.46. The number of para-hydroxylation sites is 1. The maximum Gasteiger partial charge on any atom is 0.238 e. The van der Waals surface area contributed by atoms with E-state index < -0.39 is 0 Å². The zero-order chi connectivity index (χ0) is 17.2. The van der Waals surface area contributed by atoms with Crippen LogP contribution in [0.4, 0.5) is 5.69 Å². The fourth-order valence-electron chi connectivity index (χ4n) is 2.89. The first-order chi connectivity index (χ1) is 11.7. The van der Waals surface area contributed by atoms with Crippen LogP contribution in [-0.2, 0) is 9.59 Å². The Bertz CT molecular complexity index is 513. The number of nitrogens with zero attached hydrogens (tertiary/aromatic N) is 1. The van der Waals surface area contributed by atoms with Crippen molar-refractivity contribution in [2.45, 2.75) is 31.7 Å². The molecule has 0 saturated carbocycles. The van der Waals surface area contributed by atoms with Crippen molar-refractivity contribution in [2.75, 3.05) is 38.5 Å². The van der Waals surface area contributed by atoms with Gasteiger partial charge in [0.2, 0.25) is 11.8 Å². The molecule has 1 aliphatic rings. The Morgan fingerprint density at radius 1 is 1.12 bits per heavy atom. The van der Waals surface area contributed by atoms with Crippen LogP contribution in [0, 0.1) is 0 Å². The molecule has 3 N–H and O–H groups in total. The molecule has 0 atom stereocenters. The summed E-state index contributed by atoms with van der Waals surface area (Å²) in [6, 6.07) is 9.73. The molecule has 0 spiro atoms. The summed E-state index contributed by atoms with van der Waals surface area (Å²) < 4.78 is 0. The summed E-state index contributed by atoms with van der Waals surface area (Å²) in [6.45, 7) is 2.94. The second-order valence-corrected chi connectivity index (χ2v) is 6.24. The van der Waals surface area contributed by atoms with Gasteiger partial charge in [-0.15, -0.1) is 0 Å². The van der Waals surface area contributed by atoms with Crippen molar-refractivity contribution in [1.29, 1.82) is 0 Å². The van der Waals surface area contributed by atoms with Crippen LogP contribution < -0.4 is 16.0 Å². The minimum Gasteiger partial charge on any atom is -0.353 e. The maximum atomic E-state index is 12.1. The Morgan fingerprint density at radius 3 is 2.50 bits per heavy atom. The molecule has 0 aliphatic carbocycles. The van der Waals surface area contributed by atoms with Gasteiger partial charge in [0.05, 0.1) is 6.54 Å². The third-order valence-corrected chi connectivity index (χ3v) is 4.21. The van der Waals surface area contributed by atoms with Crippen LogP contribution in [0.3, 0.4) is 0 Å². The molecule has 132 valence electrons. The summed E-state index contributed by atoms with van der Waals surface area (Å²) in [5, 5.41) is 9.05. The Balaban J connectivity index is 1.63. The molecule has 6 heteroatoms. The highest BCUT2D eigenvalue weighted by Crippen LogP contribution is 2.11. The Kier molecular flexibility index (Phi) is 7.71. The zero-order valence-corrected chi connectivity index (χ0v) is 14.4. The average molecular weight is 332 g/mol. The van der Waals surface area contributed by atoms with Crippen molar-refractivity contribution in [3.05, 3.63) is 30.3 Å². The largest absolute Gasteiger partial charge is 0.353 e. The van der Waals surface area contributed by atoms with Crippen LogP contribution >= 0.6 is 0 Å². The second kappa shape index (κ2) is 10.1. The second-order valence-electron chi connectivity index (χ2n) is 6.24. The van der Waals surface area contributed by atoms with E-state index in [2.05, 4.69) is 20.9 Å². The maximum absolute atomic E-state index is 12.1. The summed E-state index contributed by atoms with van der Waals surface area (Å²) in [5.41, 5.74) is 0.825. The molecule has 0 radical (unpaired) electrons. The smallest absolute Gasteiger partial charge is 0.238 e. The van der Waals surface area contributed by atoms with Crippen molar-refractivity contribution in [3.8, 4) is 0 Å². The number of benzene rings is 1. The number of anilines is 1. The van der Waals surface area contributed by atoms with Crippen LogP contribution in [0.2, 0.25) is 0 Å². The zero-order valence-electron chi connectivity index (χ0n) is 14.4. The standard InChI is InChI=1S/C18H28N4O2/c1-19-11-5-8-17(23)20-16-9-12-22(13-10-16)14-18(24)21-15-6-3-2-4-7-15/h2-4,6-7,16,19H,5,8-14H2,1H3,(H,20,23)(H,21,24). The van der Waals surface area contributed by atoms with Gasteiger partial charge in [-0.2, -0.15) is 0 Å². The molecule has 1 aliphatic heterocycles. The lowest BCUT2D eigenvalue weighted by atomic mass is 10.0. The fourth-order valence-corrected chi connectivity index (χ4v) is 2.89. The minimum absolute atomic E-state index is 0.00995.